The molecule has 2 aromatic rings. The number of fused-ring (bicyclic) bond motifs is 1. The lowest BCUT2D eigenvalue weighted by atomic mass is 10.1. The van der Waals surface area contributed by atoms with E-state index in [2.05, 4.69) is 0 Å². The van der Waals surface area contributed by atoms with E-state index < -0.39 is 23.5 Å². The van der Waals surface area contributed by atoms with E-state index in [0.29, 0.717) is 0 Å². The maximum absolute atomic E-state index is 12.5. The standard InChI is InChI=1S/C12H8F3NO3/c1-7(17)19-16-6-9(11(18)12(13,14)15)8-4-2-3-5-10(8)16/h2-6H,1H3. The van der Waals surface area contributed by atoms with Crippen molar-refractivity contribution in [1.29, 1.82) is 0 Å². The highest BCUT2D eigenvalue weighted by atomic mass is 19.4. The van der Waals surface area contributed by atoms with Crippen LogP contribution < -0.4 is 4.84 Å². The summed E-state index contributed by atoms with van der Waals surface area (Å²) < 4.78 is 38.3. The molecular formula is C12H8F3NO3. The molecule has 0 saturated carbocycles. The van der Waals surface area contributed by atoms with Gasteiger partial charge in [0.15, 0.2) is 0 Å². The normalized spacial score (nSPS) is 11.6. The first-order chi connectivity index (χ1) is 8.80. The molecule has 4 nitrogen and oxygen atoms in total. The van der Waals surface area contributed by atoms with Crippen LogP contribution >= 0.6 is 0 Å². The molecule has 0 radical (unpaired) electrons. The average Bonchev–Trinajstić information content (AvgIpc) is 2.65. The van der Waals surface area contributed by atoms with E-state index in [-0.39, 0.29) is 10.9 Å². The van der Waals surface area contributed by atoms with Gasteiger partial charge >= 0.3 is 12.1 Å². The van der Waals surface area contributed by atoms with Crippen molar-refractivity contribution in [2.75, 3.05) is 0 Å². The minimum atomic E-state index is -4.98. The molecule has 0 saturated heterocycles. The zero-order valence-corrected chi connectivity index (χ0v) is 9.69. The van der Waals surface area contributed by atoms with Crippen LogP contribution in [0.5, 0.6) is 0 Å². The highest BCUT2D eigenvalue weighted by Gasteiger charge is 2.41. The Balaban J connectivity index is 2.63. The number of hydrogen-bond donors (Lipinski definition) is 0. The molecule has 19 heavy (non-hydrogen) atoms. The fourth-order valence-corrected chi connectivity index (χ4v) is 1.70. The summed E-state index contributed by atoms with van der Waals surface area (Å²) >= 11 is 0. The predicted molar refractivity (Wildman–Crippen MR) is 59.6 cm³/mol. The molecule has 1 aromatic carbocycles. The van der Waals surface area contributed by atoms with Crippen molar-refractivity contribution < 1.29 is 27.6 Å². The quantitative estimate of drug-likeness (QED) is 0.788. The van der Waals surface area contributed by atoms with Gasteiger partial charge in [-0.1, -0.05) is 18.2 Å². The molecule has 2 rings (SSSR count). The molecule has 0 bridgehead atoms. The fraction of sp³-hybridized carbons (Fsp3) is 0.167. The molecule has 1 aromatic heterocycles. The van der Waals surface area contributed by atoms with Gasteiger partial charge in [-0.3, -0.25) is 4.79 Å². The van der Waals surface area contributed by atoms with Crippen LogP contribution in [0.4, 0.5) is 13.2 Å². The van der Waals surface area contributed by atoms with Crippen molar-refractivity contribution in [2.24, 2.45) is 0 Å². The lowest BCUT2D eigenvalue weighted by Crippen LogP contribution is -2.22. The van der Waals surface area contributed by atoms with Crippen LogP contribution in [0.2, 0.25) is 0 Å². The van der Waals surface area contributed by atoms with Crippen LogP contribution in [-0.2, 0) is 4.79 Å². The zero-order valence-electron chi connectivity index (χ0n) is 9.69. The predicted octanol–water partition coefficient (Wildman–Crippen LogP) is 2.36. The highest BCUT2D eigenvalue weighted by molar-refractivity contribution is 6.10. The molecule has 0 aliphatic carbocycles. The van der Waals surface area contributed by atoms with Gasteiger partial charge in [-0.15, -0.1) is 0 Å². The second-order valence-electron chi connectivity index (χ2n) is 3.80. The number of halogens is 3. The summed E-state index contributed by atoms with van der Waals surface area (Å²) in [5.41, 5.74) is -0.338. The third kappa shape index (κ3) is 2.44. The first-order valence-electron chi connectivity index (χ1n) is 5.21. The largest absolute Gasteiger partial charge is 0.454 e. The van der Waals surface area contributed by atoms with Gasteiger partial charge in [0.25, 0.3) is 5.78 Å². The molecule has 0 spiro atoms. The summed E-state index contributed by atoms with van der Waals surface area (Å²) in [4.78, 5) is 26.9. The molecule has 0 aliphatic rings. The van der Waals surface area contributed by atoms with Crippen molar-refractivity contribution in [2.45, 2.75) is 13.1 Å². The Kier molecular flexibility index (Phi) is 3.05. The van der Waals surface area contributed by atoms with E-state index in [1.54, 1.807) is 6.07 Å². The van der Waals surface area contributed by atoms with Crippen LogP contribution in [-0.4, -0.2) is 22.7 Å². The Morgan fingerprint density at radius 3 is 2.42 bits per heavy atom. The van der Waals surface area contributed by atoms with E-state index >= 15 is 0 Å². The van der Waals surface area contributed by atoms with Crippen molar-refractivity contribution in [3.63, 3.8) is 0 Å². The van der Waals surface area contributed by atoms with E-state index in [9.17, 15) is 22.8 Å². The first kappa shape index (κ1) is 13.1. The molecule has 100 valence electrons. The van der Waals surface area contributed by atoms with Crippen molar-refractivity contribution in [3.8, 4) is 0 Å². The Labute approximate surface area is 105 Å². The Bertz CT molecular complexity index is 658. The van der Waals surface area contributed by atoms with E-state index in [4.69, 9.17) is 4.84 Å². The minimum absolute atomic E-state index is 0.0751. The smallest absolute Gasteiger partial charge is 0.337 e. The summed E-state index contributed by atoms with van der Waals surface area (Å²) in [6, 6.07) is 5.86. The van der Waals surface area contributed by atoms with Crippen LogP contribution in [0.25, 0.3) is 10.9 Å². The SMILES string of the molecule is CC(=O)On1cc(C(=O)C(F)(F)F)c2ccccc21. The van der Waals surface area contributed by atoms with E-state index in [1.807, 2.05) is 0 Å². The van der Waals surface area contributed by atoms with Gasteiger partial charge in [0.2, 0.25) is 0 Å². The maximum atomic E-state index is 12.5. The zero-order chi connectivity index (χ0) is 14.2. The van der Waals surface area contributed by atoms with Crippen LogP contribution in [0.1, 0.15) is 17.3 Å². The second-order valence-corrected chi connectivity index (χ2v) is 3.80. The number of carbonyl (C=O) groups is 2. The number of ketones is 1. The number of hydrogen-bond acceptors (Lipinski definition) is 3. The Hall–Kier alpha value is -2.31. The monoisotopic (exact) mass is 271 g/mol. The number of Topliss-reactive ketones (excluding diaryl/α,β-unsaturated/α-hetero) is 1. The summed E-state index contributed by atoms with van der Waals surface area (Å²) in [5, 5.41) is 0.0751. The Morgan fingerprint density at radius 2 is 1.84 bits per heavy atom. The molecule has 0 aliphatic heterocycles. The van der Waals surface area contributed by atoms with Crippen molar-refractivity contribution in [3.05, 3.63) is 36.0 Å². The van der Waals surface area contributed by atoms with E-state index in [1.165, 1.54) is 18.2 Å². The molecule has 7 heteroatoms. The molecule has 0 amide bonds. The molecular weight excluding hydrogens is 263 g/mol. The average molecular weight is 271 g/mol. The summed E-state index contributed by atoms with van der Waals surface area (Å²) in [5.74, 6) is -2.68. The third-order valence-electron chi connectivity index (χ3n) is 2.41. The lowest BCUT2D eigenvalue weighted by molar-refractivity contribution is -0.140. The van der Waals surface area contributed by atoms with Crippen LogP contribution in [0, 0.1) is 0 Å². The van der Waals surface area contributed by atoms with Crippen LogP contribution in [0.15, 0.2) is 30.5 Å². The molecule has 1 heterocycles. The van der Waals surface area contributed by atoms with Crippen molar-refractivity contribution in [1.82, 2.24) is 4.73 Å². The highest BCUT2D eigenvalue weighted by Crippen LogP contribution is 2.28. The van der Waals surface area contributed by atoms with Gasteiger partial charge in [0, 0.05) is 12.3 Å². The molecule has 0 unspecified atom stereocenters. The summed E-state index contributed by atoms with van der Waals surface area (Å²) in [6.45, 7) is 1.11. The van der Waals surface area contributed by atoms with Gasteiger partial charge < -0.3 is 4.84 Å². The minimum Gasteiger partial charge on any atom is -0.337 e. The number of benzene rings is 1. The molecule has 0 fully saturated rings. The van der Waals surface area contributed by atoms with Gasteiger partial charge in [-0.05, 0) is 6.07 Å². The van der Waals surface area contributed by atoms with Gasteiger partial charge in [0.05, 0.1) is 17.3 Å². The Morgan fingerprint density at radius 1 is 1.21 bits per heavy atom. The molecule has 0 atom stereocenters. The van der Waals surface area contributed by atoms with Crippen molar-refractivity contribution >= 4 is 22.7 Å². The summed E-state index contributed by atoms with van der Waals surface area (Å²) in [7, 11) is 0. The van der Waals surface area contributed by atoms with Crippen LogP contribution in [0.3, 0.4) is 0 Å². The third-order valence-corrected chi connectivity index (χ3v) is 2.41. The number of rotatable bonds is 2. The number of nitrogens with zero attached hydrogens (tertiary/aromatic N) is 1. The lowest BCUT2D eigenvalue weighted by Gasteiger charge is -2.02. The fourth-order valence-electron chi connectivity index (χ4n) is 1.70. The number of aromatic nitrogens is 1. The van der Waals surface area contributed by atoms with Gasteiger partial charge in [-0.2, -0.15) is 17.9 Å². The molecule has 0 N–H and O–H groups in total. The number of para-hydroxylation sites is 1. The van der Waals surface area contributed by atoms with Gasteiger partial charge in [0.1, 0.15) is 0 Å². The first-order valence-corrected chi connectivity index (χ1v) is 5.21. The topological polar surface area (TPSA) is 48.3 Å². The number of carbonyl (C=O) groups excluding carboxylic acids is 2. The maximum Gasteiger partial charge on any atom is 0.454 e. The second kappa shape index (κ2) is 4.42. The summed E-state index contributed by atoms with van der Waals surface area (Å²) in [6.07, 6.45) is -4.12. The van der Waals surface area contributed by atoms with E-state index in [0.717, 1.165) is 17.9 Å². The number of alkyl halides is 3. The van der Waals surface area contributed by atoms with Gasteiger partial charge in [-0.25, -0.2) is 4.79 Å².